The average Bonchev–Trinajstić information content (AvgIpc) is 3.51. The molecule has 1 aliphatic heterocycles. The summed E-state index contributed by atoms with van der Waals surface area (Å²) in [5.74, 6) is 0. The lowest BCUT2D eigenvalue weighted by Gasteiger charge is -2.39. The van der Waals surface area contributed by atoms with Crippen molar-refractivity contribution in [3.63, 3.8) is 0 Å². The van der Waals surface area contributed by atoms with Crippen LogP contribution in [-0.4, -0.2) is 4.57 Å². The topological polar surface area (TPSA) is 28.7 Å². The zero-order chi connectivity index (χ0) is 26.4. The molecule has 1 aliphatic carbocycles. The van der Waals surface area contributed by atoms with E-state index in [1.165, 1.54) is 60.9 Å². The Morgan fingerprint density at radius 2 is 1.20 bits per heavy atom. The molecule has 2 heteroatoms. The summed E-state index contributed by atoms with van der Waals surface area (Å²) in [5, 5.41) is 12.4. The van der Waals surface area contributed by atoms with Crippen molar-refractivity contribution in [2.45, 2.75) is 5.41 Å². The van der Waals surface area contributed by atoms with Gasteiger partial charge in [0.25, 0.3) is 0 Å². The van der Waals surface area contributed by atoms with E-state index in [0.717, 1.165) is 11.1 Å². The van der Waals surface area contributed by atoms with Crippen LogP contribution in [-0.2, 0) is 5.41 Å². The SMILES string of the molecule is N#Cc1ccccc1-c1ccc2c(c1)-c1ccccc1C21c2ccccc2-n2c3ccccc3c3cccc1c32. The van der Waals surface area contributed by atoms with Crippen LogP contribution in [0.1, 0.15) is 27.8 Å². The number of para-hydroxylation sites is 3. The third-order valence-electron chi connectivity index (χ3n) is 9.05. The fraction of sp³-hybridized carbons (Fsp3) is 0.0263. The lowest BCUT2D eigenvalue weighted by atomic mass is 9.65. The predicted molar refractivity (Wildman–Crippen MR) is 162 cm³/mol. The molecular weight excluding hydrogens is 484 g/mol. The minimum absolute atomic E-state index is 0.445. The van der Waals surface area contributed by atoms with Crippen LogP contribution >= 0.6 is 0 Å². The first-order valence-electron chi connectivity index (χ1n) is 13.7. The maximum absolute atomic E-state index is 9.82. The second kappa shape index (κ2) is 7.59. The summed E-state index contributed by atoms with van der Waals surface area (Å²) in [5.41, 5.74) is 13.7. The maximum Gasteiger partial charge on any atom is 0.0998 e. The summed E-state index contributed by atoms with van der Waals surface area (Å²) >= 11 is 0. The molecule has 2 aliphatic rings. The Bertz CT molecular complexity index is 2240. The molecule has 2 nitrogen and oxygen atoms in total. The molecule has 40 heavy (non-hydrogen) atoms. The molecule has 2 heterocycles. The van der Waals surface area contributed by atoms with E-state index in [1.54, 1.807) is 0 Å². The summed E-state index contributed by atoms with van der Waals surface area (Å²) in [4.78, 5) is 0. The van der Waals surface area contributed by atoms with E-state index in [0.29, 0.717) is 5.56 Å². The summed E-state index contributed by atoms with van der Waals surface area (Å²) in [6.07, 6.45) is 0. The van der Waals surface area contributed by atoms with Gasteiger partial charge in [-0.25, -0.2) is 0 Å². The van der Waals surface area contributed by atoms with Gasteiger partial charge in [-0.05, 0) is 68.8 Å². The molecule has 0 saturated carbocycles. The van der Waals surface area contributed by atoms with Crippen LogP contribution in [0, 0.1) is 11.3 Å². The van der Waals surface area contributed by atoms with Gasteiger partial charge >= 0.3 is 0 Å². The van der Waals surface area contributed by atoms with Gasteiger partial charge in [0.1, 0.15) is 0 Å². The van der Waals surface area contributed by atoms with Crippen molar-refractivity contribution < 1.29 is 0 Å². The van der Waals surface area contributed by atoms with Crippen molar-refractivity contribution in [2.24, 2.45) is 0 Å². The largest absolute Gasteiger partial charge is 0.309 e. The maximum atomic E-state index is 9.82. The minimum Gasteiger partial charge on any atom is -0.309 e. The number of benzene rings is 6. The third kappa shape index (κ3) is 2.44. The molecular formula is C38H22N2. The lowest BCUT2D eigenvalue weighted by Crippen LogP contribution is -2.33. The second-order valence-electron chi connectivity index (χ2n) is 10.8. The number of rotatable bonds is 1. The van der Waals surface area contributed by atoms with Crippen LogP contribution in [0.4, 0.5) is 0 Å². The Kier molecular flexibility index (Phi) is 4.09. The van der Waals surface area contributed by atoms with Gasteiger partial charge in [0.2, 0.25) is 0 Å². The highest BCUT2D eigenvalue weighted by atomic mass is 15.0. The van der Waals surface area contributed by atoms with Crippen LogP contribution in [0.15, 0.2) is 133 Å². The number of nitrogens with zero attached hydrogens (tertiary/aromatic N) is 2. The number of fused-ring (bicyclic) bond motifs is 12. The van der Waals surface area contributed by atoms with E-state index in [-0.39, 0.29) is 0 Å². The zero-order valence-electron chi connectivity index (χ0n) is 21.6. The zero-order valence-corrected chi connectivity index (χ0v) is 21.6. The Morgan fingerprint density at radius 1 is 0.525 bits per heavy atom. The standard InChI is InChI=1S/C38H22N2/c39-23-25-10-1-2-11-26(25)24-20-21-32-30(22-24)27-12-3-5-15-31(27)38(32)33-16-6-8-19-36(33)40-35-18-7-4-13-28(35)29-14-9-17-34(38)37(29)40/h1-22H. The van der Waals surface area contributed by atoms with Gasteiger partial charge in [-0.1, -0.05) is 109 Å². The molecule has 0 fully saturated rings. The first kappa shape index (κ1) is 21.5. The molecule has 0 saturated heterocycles. The minimum atomic E-state index is -0.445. The Morgan fingerprint density at radius 3 is 2.10 bits per heavy atom. The van der Waals surface area contributed by atoms with Gasteiger partial charge in [0, 0.05) is 10.8 Å². The summed E-state index contributed by atoms with van der Waals surface area (Å²) in [6, 6.07) is 50.5. The molecule has 1 atom stereocenters. The molecule has 9 rings (SSSR count). The van der Waals surface area contributed by atoms with E-state index in [4.69, 9.17) is 0 Å². The molecule has 0 bridgehead atoms. The van der Waals surface area contributed by atoms with Gasteiger partial charge in [-0.15, -0.1) is 0 Å². The molecule has 0 radical (unpaired) electrons. The van der Waals surface area contributed by atoms with Crippen molar-refractivity contribution in [3.05, 3.63) is 161 Å². The van der Waals surface area contributed by atoms with Crippen molar-refractivity contribution in [2.75, 3.05) is 0 Å². The van der Waals surface area contributed by atoms with Gasteiger partial charge in [-0.3, -0.25) is 0 Å². The van der Waals surface area contributed by atoms with Gasteiger partial charge < -0.3 is 4.57 Å². The highest BCUT2D eigenvalue weighted by molar-refractivity contribution is 6.12. The van der Waals surface area contributed by atoms with Crippen LogP contribution in [0.5, 0.6) is 0 Å². The Balaban J connectivity index is 1.47. The predicted octanol–water partition coefficient (Wildman–Crippen LogP) is 9.00. The van der Waals surface area contributed by atoms with Gasteiger partial charge in [0.15, 0.2) is 0 Å². The molecule has 1 spiro atoms. The van der Waals surface area contributed by atoms with Crippen LogP contribution in [0.25, 0.3) is 49.7 Å². The normalized spacial score (nSPS) is 16.1. The smallest absolute Gasteiger partial charge is 0.0998 e. The Hall–Kier alpha value is -5.39. The quantitative estimate of drug-likeness (QED) is 0.218. The van der Waals surface area contributed by atoms with E-state index >= 15 is 0 Å². The van der Waals surface area contributed by atoms with Gasteiger partial charge in [-0.2, -0.15) is 5.26 Å². The lowest BCUT2D eigenvalue weighted by molar-refractivity contribution is 0.748. The second-order valence-corrected chi connectivity index (χ2v) is 10.8. The van der Waals surface area contributed by atoms with Crippen LogP contribution < -0.4 is 0 Å². The van der Waals surface area contributed by atoms with E-state index < -0.39 is 5.41 Å². The number of nitriles is 1. The molecule has 6 aromatic carbocycles. The molecule has 0 amide bonds. The van der Waals surface area contributed by atoms with Crippen LogP contribution in [0.2, 0.25) is 0 Å². The van der Waals surface area contributed by atoms with E-state index in [9.17, 15) is 5.26 Å². The number of hydrogen-bond acceptors (Lipinski definition) is 1. The highest BCUT2D eigenvalue weighted by Crippen LogP contribution is 2.61. The van der Waals surface area contributed by atoms with Crippen molar-refractivity contribution in [1.29, 1.82) is 5.26 Å². The average molecular weight is 507 g/mol. The molecule has 1 unspecified atom stereocenters. The van der Waals surface area contributed by atoms with E-state index in [2.05, 4.69) is 120 Å². The molecule has 1 aromatic heterocycles. The first-order valence-corrected chi connectivity index (χ1v) is 13.7. The highest BCUT2D eigenvalue weighted by Gasteiger charge is 2.50. The van der Waals surface area contributed by atoms with E-state index in [1.807, 2.05) is 24.3 Å². The summed E-state index contributed by atoms with van der Waals surface area (Å²) in [6.45, 7) is 0. The molecule has 7 aromatic rings. The molecule has 184 valence electrons. The summed E-state index contributed by atoms with van der Waals surface area (Å²) < 4.78 is 2.47. The first-order chi connectivity index (χ1) is 19.8. The monoisotopic (exact) mass is 506 g/mol. The number of aromatic nitrogens is 1. The van der Waals surface area contributed by atoms with Crippen molar-refractivity contribution >= 4 is 21.8 Å². The summed E-state index contributed by atoms with van der Waals surface area (Å²) in [7, 11) is 0. The fourth-order valence-electron chi connectivity index (χ4n) is 7.57. The van der Waals surface area contributed by atoms with Crippen LogP contribution in [0.3, 0.4) is 0 Å². The van der Waals surface area contributed by atoms with Gasteiger partial charge in [0.05, 0.1) is 33.8 Å². The molecule has 0 N–H and O–H groups in total. The Labute approximate surface area is 232 Å². The fourth-order valence-corrected chi connectivity index (χ4v) is 7.57. The van der Waals surface area contributed by atoms with Crippen molar-refractivity contribution in [3.8, 4) is 34.0 Å². The number of hydrogen-bond donors (Lipinski definition) is 0. The third-order valence-corrected chi connectivity index (χ3v) is 9.05. The van der Waals surface area contributed by atoms with Crippen molar-refractivity contribution in [1.82, 2.24) is 4.57 Å².